The van der Waals surface area contributed by atoms with E-state index in [-0.39, 0.29) is 1.43 Å². The molecule has 116 valence electrons. The Morgan fingerprint density at radius 1 is 1.20 bits per heavy atom. The van der Waals surface area contributed by atoms with E-state index >= 15 is 0 Å². The zero-order chi connectivity index (χ0) is 15.0. The number of nitrogens with one attached hydrogen (secondary N) is 1. The Bertz CT molecular complexity index is 362. The summed E-state index contributed by atoms with van der Waals surface area (Å²) in [6.07, 6.45) is 1.97. The second-order valence-electron chi connectivity index (χ2n) is 5.64. The molecule has 1 saturated heterocycles. The summed E-state index contributed by atoms with van der Waals surface area (Å²) < 4.78 is 5.32. The standard InChI is InChI=1S/C12H18N2O.C4H11N.H2/c1-10(2)12-4-3-11(9-13-12)14-5-7-15-8-6-14;1-4(2)5-3;/h3-4,9-10H,5-8H2,1-2H3;4-5H,1-3H3;1H. The van der Waals surface area contributed by atoms with Gasteiger partial charge in [0.05, 0.1) is 25.1 Å². The smallest absolute Gasteiger partial charge is 0.0642 e. The van der Waals surface area contributed by atoms with Gasteiger partial charge in [-0.05, 0) is 25.1 Å². The van der Waals surface area contributed by atoms with Crippen LogP contribution in [0.2, 0.25) is 0 Å². The lowest BCUT2D eigenvalue weighted by molar-refractivity contribution is 0.122. The van der Waals surface area contributed by atoms with Gasteiger partial charge in [0, 0.05) is 26.3 Å². The molecule has 0 aromatic carbocycles. The second kappa shape index (κ2) is 8.93. The maximum absolute atomic E-state index is 5.32. The molecule has 1 aliphatic rings. The lowest BCUT2D eigenvalue weighted by Gasteiger charge is -2.28. The Morgan fingerprint density at radius 3 is 2.20 bits per heavy atom. The first-order valence-corrected chi connectivity index (χ1v) is 7.50. The third-order valence-electron chi connectivity index (χ3n) is 3.32. The van der Waals surface area contributed by atoms with Gasteiger partial charge in [0.1, 0.15) is 0 Å². The molecule has 0 saturated carbocycles. The number of anilines is 1. The Balaban J connectivity index is 0.000000583. The van der Waals surface area contributed by atoms with E-state index in [0.717, 1.165) is 32.0 Å². The van der Waals surface area contributed by atoms with Crippen molar-refractivity contribution in [2.45, 2.75) is 39.7 Å². The van der Waals surface area contributed by atoms with Gasteiger partial charge in [0.25, 0.3) is 0 Å². The lowest BCUT2D eigenvalue weighted by atomic mass is 10.1. The Hall–Kier alpha value is -1.13. The van der Waals surface area contributed by atoms with Gasteiger partial charge < -0.3 is 15.0 Å². The van der Waals surface area contributed by atoms with E-state index in [2.05, 4.69) is 55.0 Å². The highest BCUT2D eigenvalue weighted by Crippen LogP contribution is 2.17. The molecule has 1 N–H and O–H groups in total. The first-order chi connectivity index (χ1) is 9.54. The molecule has 0 bridgehead atoms. The second-order valence-corrected chi connectivity index (χ2v) is 5.64. The van der Waals surface area contributed by atoms with Crippen molar-refractivity contribution >= 4 is 5.69 Å². The number of nitrogens with zero attached hydrogens (tertiary/aromatic N) is 2. The highest BCUT2D eigenvalue weighted by molar-refractivity contribution is 5.45. The number of pyridine rings is 1. The van der Waals surface area contributed by atoms with Gasteiger partial charge in [-0.15, -0.1) is 0 Å². The lowest BCUT2D eigenvalue weighted by Crippen LogP contribution is -2.36. The van der Waals surface area contributed by atoms with Crippen molar-refractivity contribution in [2.75, 3.05) is 38.3 Å². The number of aromatic nitrogens is 1. The monoisotopic (exact) mass is 281 g/mol. The van der Waals surface area contributed by atoms with Crippen LogP contribution in [0.15, 0.2) is 18.3 Å². The van der Waals surface area contributed by atoms with Crippen LogP contribution in [0.5, 0.6) is 0 Å². The van der Waals surface area contributed by atoms with Crippen LogP contribution in [0, 0.1) is 0 Å². The Morgan fingerprint density at radius 2 is 1.80 bits per heavy atom. The molecule has 4 nitrogen and oxygen atoms in total. The molecule has 0 amide bonds. The number of hydrogen-bond acceptors (Lipinski definition) is 4. The molecule has 1 aliphatic heterocycles. The fourth-order valence-electron chi connectivity index (χ4n) is 1.75. The molecule has 0 atom stereocenters. The van der Waals surface area contributed by atoms with Crippen molar-refractivity contribution < 1.29 is 6.16 Å². The van der Waals surface area contributed by atoms with Gasteiger partial charge in [0.2, 0.25) is 0 Å². The molecule has 2 rings (SSSR count). The Labute approximate surface area is 125 Å². The molecule has 4 heteroatoms. The van der Waals surface area contributed by atoms with Crippen LogP contribution in [0.4, 0.5) is 5.69 Å². The molecular weight excluding hydrogens is 250 g/mol. The first-order valence-electron chi connectivity index (χ1n) is 7.50. The Kier molecular flexibility index (Phi) is 7.55. The molecule has 0 spiro atoms. The number of rotatable bonds is 3. The van der Waals surface area contributed by atoms with Gasteiger partial charge in [-0.3, -0.25) is 4.98 Å². The van der Waals surface area contributed by atoms with E-state index in [1.807, 2.05) is 13.2 Å². The highest BCUT2D eigenvalue weighted by atomic mass is 16.5. The van der Waals surface area contributed by atoms with Crippen LogP contribution < -0.4 is 10.2 Å². The van der Waals surface area contributed by atoms with E-state index < -0.39 is 0 Å². The van der Waals surface area contributed by atoms with Crippen LogP contribution in [0.3, 0.4) is 0 Å². The van der Waals surface area contributed by atoms with Crippen molar-refractivity contribution in [2.24, 2.45) is 0 Å². The molecular formula is C16H31N3O. The number of ether oxygens (including phenoxy) is 1. The topological polar surface area (TPSA) is 37.4 Å². The fourth-order valence-corrected chi connectivity index (χ4v) is 1.75. The summed E-state index contributed by atoms with van der Waals surface area (Å²) in [6.45, 7) is 12.1. The zero-order valence-corrected chi connectivity index (χ0v) is 13.5. The van der Waals surface area contributed by atoms with Crippen LogP contribution in [-0.2, 0) is 4.74 Å². The summed E-state index contributed by atoms with van der Waals surface area (Å²) in [5.41, 5.74) is 2.37. The summed E-state index contributed by atoms with van der Waals surface area (Å²) in [7, 11) is 1.95. The largest absolute Gasteiger partial charge is 0.378 e. The third-order valence-corrected chi connectivity index (χ3v) is 3.32. The minimum Gasteiger partial charge on any atom is -0.378 e. The molecule has 0 radical (unpaired) electrons. The quantitative estimate of drug-likeness (QED) is 0.924. The molecule has 0 unspecified atom stereocenters. The van der Waals surface area contributed by atoms with Crippen LogP contribution in [0.25, 0.3) is 0 Å². The van der Waals surface area contributed by atoms with E-state index in [0.29, 0.717) is 12.0 Å². The molecule has 2 heterocycles. The molecule has 1 fully saturated rings. The van der Waals surface area contributed by atoms with Gasteiger partial charge in [-0.1, -0.05) is 27.7 Å². The number of morpholine rings is 1. The van der Waals surface area contributed by atoms with Gasteiger partial charge in [-0.2, -0.15) is 0 Å². The normalized spacial score (nSPS) is 15.2. The molecule has 0 aliphatic carbocycles. The molecule has 20 heavy (non-hydrogen) atoms. The third kappa shape index (κ3) is 5.88. The van der Waals surface area contributed by atoms with E-state index in [1.165, 1.54) is 5.69 Å². The van der Waals surface area contributed by atoms with Crippen molar-refractivity contribution in [3.8, 4) is 0 Å². The summed E-state index contributed by atoms with van der Waals surface area (Å²) in [5, 5.41) is 3.03. The van der Waals surface area contributed by atoms with Crippen molar-refractivity contribution in [3.05, 3.63) is 24.0 Å². The predicted molar refractivity (Wildman–Crippen MR) is 87.7 cm³/mol. The average molecular weight is 281 g/mol. The van der Waals surface area contributed by atoms with E-state index in [1.54, 1.807) is 0 Å². The maximum Gasteiger partial charge on any atom is 0.0642 e. The van der Waals surface area contributed by atoms with Crippen molar-refractivity contribution in [1.82, 2.24) is 10.3 Å². The maximum atomic E-state index is 5.32. The van der Waals surface area contributed by atoms with Gasteiger partial charge >= 0.3 is 0 Å². The zero-order valence-electron chi connectivity index (χ0n) is 13.5. The summed E-state index contributed by atoms with van der Waals surface area (Å²) in [5.74, 6) is 0.503. The average Bonchev–Trinajstić information content (AvgIpc) is 2.49. The van der Waals surface area contributed by atoms with Crippen molar-refractivity contribution in [1.29, 1.82) is 0 Å². The summed E-state index contributed by atoms with van der Waals surface area (Å²) in [6, 6.07) is 4.92. The van der Waals surface area contributed by atoms with Crippen LogP contribution >= 0.6 is 0 Å². The summed E-state index contributed by atoms with van der Waals surface area (Å²) in [4.78, 5) is 6.79. The van der Waals surface area contributed by atoms with Crippen LogP contribution in [-0.4, -0.2) is 44.4 Å². The highest BCUT2D eigenvalue weighted by Gasteiger charge is 2.11. The first kappa shape index (κ1) is 16.9. The van der Waals surface area contributed by atoms with Crippen LogP contribution in [0.1, 0.15) is 40.7 Å². The van der Waals surface area contributed by atoms with E-state index in [9.17, 15) is 0 Å². The molecule has 1 aromatic rings. The van der Waals surface area contributed by atoms with Gasteiger partial charge in [0.15, 0.2) is 0 Å². The number of hydrogen-bond donors (Lipinski definition) is 1. The van der Waals surface area contributed by atoms with Gasteiger partial charge in [-0.25, -0.2) is 0 Å². The van der Waals surface area contributed by atoms with E-state index in [4.69, 9.17) is 4.74 Å². The minimum atomic E-state index is 0. The van der Waals surface area contributed by atoms with Crippen molar-refractivity contribution in [3.63, 3.8) is 0 Å². The molecule has 1 aromatic heterocycles. The summed E-state index contributed by atoms with van der Waals surface area (Å²) >= 11 is 0. The SMILES string of the molecule is CC(C)c1ccc(N2CCOCC2)cn1.CNC(C)C.[HH]. The fraction of sp³-hybridized carbons (Fsp3) is 0.688. The predicted octanol–water partition coefficient (Wildman–Crippen LogP) is 2.90. The minimum absolute atomic E-state index is 0.